The van der Waals surface area contributed by atoms with E-state index in [2.05, 4.69) is 229 Å². The van der Waals surface area contributed by atoms with E-state index in [1.54, 1.807) is 0 Å². The Morgan fingerprint density at radius 2 is 0.905 bits per heavy atom. The highest BCUT2D eigenvalue weighted by molar-refractivity contribution is 6.12. The number of hydrogen-bond acceptors (Lipinski definition) is 0. The average Bonchev–Trinajstić information content (AvgIpc) is 4.06. The zero-order valence-electron chi connectivity index (χ0n) is 34.6. The van der Waals surface area contributed by atoms with Gasteiger partial charge >= 0.3 is 0 Å². The van der Waals surface area contributed by atoms with Gasteiger partial charge in [-0.2, -0.15) is 0 Å². The van der Waals surface area contributed by atoms with Crippen molar-refractivity contribution in [2.75, 3.05) is 0 Å². The van der Waals surface area contributed by atoms with Crippen molar-refractivity contribution in [3.05, 3.63) is 253 Å². The Morgan fingerprint density at radius 3 is 1.62 bits per heavy atom. The van der Waals surface area contributed by atoms with Crippen molar-refractivity contribution in [3.8, 4) is 55.9 Å². The molecule has 2 heterocycles. The smallest absolute Gasteiger partial charge is 0.0726 e. The SMILES string of the molecule is C=Cc1c(C=C)n(-c2ccccc2)c2ccc(-c3ccc4c(c3)c3ccccc3n4-c3cccc4c3-c3ccccc3C43c4ccccc4-c4c(-c5ccccc5)cccc43)cc12. The van der Waals surface area contributed by atoms with Crippen LogP contribution < -0.4 is 0 Å². The highest BCUT2D eigenvalue weighted by Gasteiger charge is 2.52. The molecule has 0 fully saturated rings. The zero-order chi connectivity index (χ0) is 41.8. The minimum absolute atomic E-state index is 0.474. The minimum atomic E-state index is -0.474. The summed E-state index contributed by atoms with van der Waals surface area (Å²) in [7, 11) is 0. The molecule has 0 saturated carbocycles. The second kappa shape index (κ2) is 13.4. The summed E-state index contributed by atoms with van der Waals surface area (Å²) in [5.74, 6) is 0. The highest BCUT2D eigenvalue weighted by atomic mass is 15.0. The van der Waals surface area contributed by atoms with Crippen molar-refractivity contribution in [3.63, 3.8) is 0 Å². The normalized spacial score (nSPS) is 14.5. The van der Waals surface area contributed by atoms with E-state index >= 15 is 0 Å². The van der Waals surface area contributed by atoms with Crippen LogP contribution >= 0.6 is 0 Å². The Morgan fingerprint density at radius 1 is 0.365 bits per heavy atom. The molecular formula is C61H40N2. The lowest BCUT2D eigenvalue weighted by molar-refractivity contribution is 0.793. The van der Waals surface area contributed by atoms with Crippen molar-refractivity contribution < 1.29 is 0 Å². The molecule has 0 aliphatic heterocycles. The molecule has 13 rings (SSSR count). The van der Waals surface area contributed by atoms with Gasteiger partial charge in [-0.05, 0) is 116 Å². The lowest BCUT2D eigenvalue weighted by Crippen LogP contribution is -2.25. The van der Waals surface area contributed by atoms with E-state index in [9.17, 15) is 0 Å². The first-order valence-electron chi connectivity index (χ1n) is 21.8. The molecule has 9 aromatic carbocycles. The van der Waals surface area contributed by atoms with Crippen molar-refractivity contribution in [1.29, 1.82) is 0 Å². The third-order valence-corrected chi connectivity index (χ3v) is 13.9. The van der Waals surface area contributed by atoms with Crippen LogP contribution in [-0.2, 0) is 5.41 Å². The fraction of sp³-hybridized carbons (Fsp3) is 0.0164. The molecule has 2 aromatic heterocycles. The molecule has 1 atom stereocenters. The Kier molecular flexibility index (Phi) is 7.56. The molecular weight excluding hydrogens is 761 g/mol. The number of rotatable bonds is 6. The molecule has 0 amide bonds. The van der Waals surface area contributed by atoms with Gasteiger partial charge in [0.1, 0.15) is 0 Å². The quantitative estimate of drug-likeness (QED) is 0.159. The molecule has 11 aromatic rings. The van der Waals surface area contributed by atoms with Crippen molar-refractivity contribution in [2.45, 2.75) is 5.41 Å². The Bertz CT molecular complexity index is 3710. The highest BCUT2D eigenvalue weighted by Crippen LogP contribution is 2.65. The van der Waals surface area contributed by atoms with E-state index < -0.39 is 5.41 Å². The van der Waals surface area contributed by atoms with Gasteiger partial charge in [-0.25, -0.2) is 0 Å². The molecule has 0 bridgehead atoms. The van der Waals surface area contributed by atoms with E-state index in [4.69, 9.17) is 0 Å². The number of para-hydroxylation sites is 2. The van der Waals surface area contributed by atoms with Gasteiger partial charge in [-0.15, -0.1) is 0 Å². The first-order valence-corrected chi connectivity index (χ1v) is 21.8. The topological polar surface area (TPSA) is 9.86 Å². The fourth-order valence-corrected chi connectivity index (χ4v) is 11.5. The van der Waals surface area contributed by atoms with Crippen LogP contribution in [0.4, 0.5) is 0 Å². The van der Waals surface area contributed by atoms with E-state index in [1.807, 2.05) is 12.2 Å². The number of hydrogen-bond donors (Lipinski definition) is 0. The molecule has 2 aliphatic rings. The average molecular weight is 801 g/mol. The summed E-state index contributed by atoms with van der Waals surface area (Å²) >= 11 is 0. The van der Waals surface area contributed by atoms with Crippen LogP contribution in [0.25, 0.3) is 101 Å². The molecule has 2 heteroatoms. The molecule has 0 N–H and O–H groups in total. The predicted molar refractivity (Wildman–Crippen MR) is 265 cm³/mol. The first kappa shape index (κ1) is 35.5. The minimum Gasteiger partial charge on any atom is -0.309 e. The zero-order valence-corrected chi connectivity index (χ0v) is 34.6. The van der Waals surface area contributed by atoms with E-state index in [0.717, 1.165) is 33.4 Å². The van der Waals surface area contributed by atoms with E-state index in [-0.39, 0.29) is 0 Å². The Labute approximate surface area is 366 Å². The van der Waals surface area contributed by atoms with Gasteiger partial charge in [0.05, 0.1) is 33.3 Å². The van der Waals surface area contributed by atoms with Gasteiger partial charge in [0.2, 0.25) is 0 Å². The summed E-state index contributed by atoms with van der Waals surface area (Å²) in [5.41, 5.74) is 22.8. The second-order valence-electron chi connectivity index (χ2n) is 16.8. The molecule has 2 aliphatic carbocycles. The second-order valence-corrected chi connectivity index (χ2v) is 16.8. The predicted octanol–water partition coefficient (Wildman–Crippen LogP) is 15.7. The van der Waals surface area contributed by atoms with Crippen LogP contribution in [0.15, 0.2) is 219 Å². The van der Waals surface area contributed by atoms with Crippen molar-refractivity contribution in [2.24, 2.45) is 0 Å². The first-order chi connectivity index (χ1) is 31.2. The number of fused-ring (bicyclic) bond motifs is 14. The summed E-state index contributed by atoms with van der Waals surface area (Å²) in [6.45, 7) is 8.45. The van der Waals surface area contributed by atoms with Gasteiger partial charge in [0.25, 0.3) is 0 Å². The standard InChI is InChI=1S/C61H40N2/c1-3-43-48-37-40(33-35-56(48)62(54(43)4-2)42-21-9-6-10-22-42)41-34-36-57-49(38-41)45-23-13-16-31-55(45)63(57)58-32-18-30-53-60(58)47-25-12-15-28-51(47)61(53)50-27-14-11-24-46(50)59-44(26-17-29-52(59)61)39-19-7-5-8-20-39/h3-38H,1-2H2. The van der Waals surface area contributed by atoms with Gasteiger partial charge in [-0.1, -0.05) is 177 Å². The lowest BCUT2D eigenvalue weighted by Gasteiger charge is -2.30. The number of aromatic nitrogens is 2. The van der Waals surface area contributed by atoms with Gasteiger partial charge < -0.3 is 9.13 Å². The molecule has 294 valence electrons. The van der Waals surface area contributed by atoms with Crippen LogP contribution in [0.5, 0.6) is 0 Å². The van der Waals surface area contributed by atoms with Gasteiger partial charge in [0.15, 0.2) is 0 Å². The third-order valence-electron chi connectivity index (χ3n) is 13.9. The van der Waals surface area contributed by atoms with Crippen LogP contribution in [0, 0.1) is 0 Å². The summed E-state index contributed by atoms with van der Waals surface area (Å²) in [6, 6.07) is 76.3. The van der Waals surface area contributed by atoms with Crippen LogP contribution in [-0.4, -0.2) is 9.13 Å². The summed E-state index contributed by atoms with van der Waals surface area (Å²) in [5, 5.41) is 3.61. The van der Waals surface area contributed by atoms with Crippen molar-refractivity contribution in [1.82, 2.24) is 9.13 Å². The molecule has 0 saturated heterocycles. The largest absolute Gasteiger partial charge is 0.309 e. The van der Waals surface area contributed by atoms with E-state index in [0.29, 0.717) is 0 Å². The monoisotopic (exact) mass is 800 g/mol. The maximum Gasteiger partial charge on any atom is 0.0726 e. The van der Waals surface area contributed by atoms with Crippen molar-refractivity contribution >= 4 is 44.9 Å². The maximum atomic E-state index is 4.24. The number of benzene rings is 9. The molecule has 0 radical (unpaired) electrons. The van der Waals surface area contributed by atoms with Crippen LogP contribution in [0.3, 0.4) is 0 Å². The maximum absolute atomic E-state index is 4.24. The molecule has 2 nitrogen and oxygen atoms in total. The summed E-state index contributed by atoms with van der Waals surface area (Å²) < 4.78 is 4.80. The van der Waals surface area contributed by atoms with Gasteiger partial charge in [0, 0.05) is 33.0 Å². The molecule has 63 heavy (non-hydrogen) atoms. The van der Waals surface area contributed by atoms with Gasteiger partial charge in [-0.3, -0.25) is 0 Å². The molecule has 1 spiro atoms. The summed E-state index contributed by atoms with van der Waals surface area (Å²) in [6.07, 6.45) is 3.91. The fourth-order valence-electron chi connectivity index (χ4n) is 11.5. The van der Waals surface area contributed by atoms with Crippen LogP contribution in [0.1, 0.15) is 33.5 Å². The van der Waals surface area contributed by atoms with E-state index in [1.165, 1.54) is 88.7 Å². The Hall–Kier alpha value is -8.20. The lowest BCUT2D eigenvalue weighted by atomic mass is 9.70. The number of nitrogens with zero attached hydrogens (tertiary/aromatic N) is 2. The van der Waals surface area contributed by atoms with Crippen LogP contribution in [0.2, 0.25) is 0 Å². The third kappa shape index (κ3) is 4.72. The Balaban J connectivity index is 1.04. The summed E-state index contributed by atoms with van der Waals surface area (Å²) in [4.78, 5) is 0. The molecule has 1 unspecified atom stereocenters.